The van der Waals surface area contributed by atoms with Gasteiger partial charge in [-0.3, -0.25) is 4.79 Å². The zero-order chi connectivity index (χ0) is 20.1. The van der Waals surface area contributed by atoms with E-state index in [9.17, 15) is 9.18 Å². The Bertz CT molecular complexity index is 942. The molecule has 1 heterocycles. The molecule has 8 heteroatoms. The van der Waals surface area contributed by atoms with Crippen LogP contribution in [-0.2, 0) is 11.3 Å². The van der Waals surface area contributed by atoms with Crippen molar-refractivity contribution in [2.45, 2.75) is 25.5 Å². The SMILES string of the molecule is CC(C)Cn1c(SCC(=O)Nc2ccc(F)cc2)nnc1-c1ccc(Cl)cc1. The van der Waals surface area contributed by atoms with E-state index in [2.05, 4.69) is 29.4 Å². The molecule has 0 fully saturated rings. The number of halogens is 2. The number of benzene rings is 2. The zero-order valence-electron chi connectivity index (χ0n) is 15.5. The van der Waals surface area contributed by atoms with Crippen molar-refractivity contribution in [2.24, 2.45) is 5.92 Å². The molecule has 146 valence electrons. The number of hydrogen-bond acceptors (Lipinski definition) is 4. The maximum absolute atomic E-state index is 13.0. The predicted molar refractivity (Wildman–Crippen MR) is 111 cm³/mol. The summed E-state index contributed by atoms with van der Waals surface area (Å²) in [6.07, 6.45) is 0. The Hall–Kier alpha value is -2.38. The van der Waals surface area contributed by atoms with Crippen LogP contribution in [-0.4, -0.2) is 26.4 Å². The summed E-state index contributed by atoms with van der Waals surface area (Å²) in [6.45, 7) is 4.95. The number of amides is 1. The van der Waals surface area contributed by atoms with Gasteiger partial charge in [-0.1, -0.05) is 37.2 Å². The van der Waals surface area contributed by atoms with Crippen LogP contribution in [0.2, 0.25) is 5.02 Å². The van der Waals surface area contributed by atoms with E-state index >= 15 is 0 Å². The molecule has 1 N–H and O–H groups in total. The minimum Gasteiger partial charge on any atom is -0.325 e. The van der Waals surface area contributed by atoms with E-state index in [-0.39, 0.29) is 17.5 Å². The number of anilines is 1. The van der Waals surface area contributed by atoms with E-state index in [4.69, 9.17) is 11.6 Å². The van der Waals surface area contributed by atoms with Gasteiger partial charge in [0, 0.05) is 22.8 Å². The number of carbonyl (C=O) groups excluding carboxylic acids is 1. The maximum atomic E-state index is 13.0. The fourth-order valence-electron chi connectivity index (χ4n) is 2.60. The third kappa shape index (κ3) is 5.33. The van der Waals surface area contributed by atoms with Gasteiger partial charge in [-0.2, -0.15) is 0 Å². The van der Waals surface area contributed by atoms with Crippen molar-refractivity contribution in [3.8, 4) is 11.4 Å². The molecule has 0 aliphatic heterocycles. The number of thioether (sulfide) groups is 1. The molecular formula is C20H20ClFN4OS. The molecule has 0 unspecified atom stereocenters. The Labute approximate surface area is 172 Å². The summed E-state index contributed by atoms with van der Waals surface area (Å²) in [5.41, 5.74) is 1.47. The van der Waals surface area contributed by atoms with Crippen molar-refractivity contribution in [2.75, 3.05) is 11.1 Å². The first-order valence-corrected chi connectivity index (χ1v) is 10.2. The molecule has 0 spiro atoms. The number of rotatable bonds is 7. The van der Waals surface area contributed by atoms with Gasteiger partial charge in [0.15, 0.2) is 11.0 Å². The normalized spacial score (nSPS) is 11.0. The van der Waals surface area contributed by atoms with E-state index in [0.717, 1.165) is 17.9 Å². The van der Waals surface area contributed by atoms with Crippen LogP contribution >= 0.6 is 23.4 Å². The average molecular weight is 419 g/mol. The largest absolute Gasteiger partial charge is 0.325 e. The molecule has 1 amide bonds. The summed E-state index contributed by atoms with van der Waals surface area (Å²) in [4.78, 5) is 12.2. The van der Waals surface area contributed by atoms with E-state index in [1.807, 2.05) is 28.8 Å². The molecule has 0 aliphatic rings. The van der Waals surface area contributed by atoms with Crippen molar-refractivity contribution >= 4 is 35.0 Å². The highest BCUT2D eigenvalue weighted by Gasteiger charge is 2.16. The van der Waals surface area contributed by atoms with Crippen LogP contribution in [0, 0.1) is 11.7 Å². The molecule has 0 radical (unpaired) electrons. The minimum absolute atomic E-state index is 0.175. The van der Waals surface area contributed by atoms with Crippen LogP contribution in [0.25, 0.3) is 11.4 Å². The standard InChI is InChI=1S/C20H20ClFN4OS/c1-13(2)11-26-19(14-3-5-15(21)6-4-14)24-25-20(26)28-12-18(27)23-17-9-7-16(22)8-10-17/h3-10,13H,11-12H2,1-2H3,(H,23,27). The van der Waals surface area contributed by atoms with Crippen molar-refractivity contribution in [3.05, 3.63) is 59.4 Å². The van der Waals surface area contributed by atoms with Crippen molar-refractivity contribution in [1.82, 2.24) is 14.8 Å². The molecule has 1 aromatic heterocycles. The summed E-state index contributed by atoms with van der Waals surface area (Å²) >= 11 is 7.29. The molecule has 2 aromatic carbocycles. The summed E-state index contributed by atoms with van der Waals surface area (Å²) in [6, 6.07) is 13.1. The first-order valence-electron chi connectivity index (χ1n) is 8.79. The third-order valence-corrected chi connectivity index (χ3v) is 5.05. The summed E-state index contributed by atoms with van der Waals surface area (Å²) < 4.78 is 15.0. The van der Waals surface area contributed by atoms with Crippen molar-refractivity contribution in [3.63, 3.8) is 0 Å². The van der Waals surface area contributed by atoms with Gasteiger partial charge in [0.25, 0.3) is 0 Å². The number of carbonyl (C=O) groups is 1. The van der Waals surface area contributed by atoms with E-state index < -0.39 is 0 Å². The number of nitrogens with one attached hydrogen (secondary N) is 1. The molecular weight excluding hydrogens is 399 g/mol. The lowest BCUT2D eigenvalue weighted by molar-refractivity contribution is -0.113. The number of hydrogen-bond donors (Lipinski definition) is 1. The van der Waals surface area contributed by atoms with Crippen molar-refractivity contribution < 1.29 is 9.18 Å². The van der Waals surface area contributed by atoms with Gasteiger partial charge in [0.05, 0.1) is 5.75 Å². The second-order valence-corrected chi connectivity index (χ2v) is 8.04. The molecule has 3 aromatic rings. The van der Waals surface area contributed by atoms with Gasteiger partial charge in [-0.25, -0.2) is 4.39 Å². The van der Waals surface area contributed by atoms with Crippen LogP contribution < -0.4 is 5.32 Å². The quantitative estimate of drug-likeness (QED) is 0.540. The fourth-order valence-corrected chi connectivity index (χ4v) is 3.47. The summed E-state index contributed by atoms with van der Waals surface area (Å²) in [5.74, 6) is 0.766. The van der Waals surface area contributed by atoms with Crippen LogP contribution in [0.15, 0.2) is 53.7 Å². The zero-order valence-corrected chi connectivity index (χ0v) is 17.1. The highest BCUT2D eigenvalue weighted by Crippen LogP contribution is 2.26. The lowest BCUT2D eigenvalue weighted by Gasteiger charge is -2.12. The van der Waals surface area contributed by atoms with Crippen LogP contribution in [0.1, 0.15) is 13.8 Å². The molecule has 3 rings (SSSR count). The maximum Gasteiger partial charge on any atom is 0.234 e. The van der Waals surface area contributed by atoms with Crippen molar-refractivity contribution in [1.29, 1.82) is 0 Å². The lowest BCUT2D eigenvalue weighted by Crippen LogP contribution is -2.15. The third-order valence-electron chi connectivity index (χ3n) is 3.83. The Balaban J connectivity index is 1.73. The van der Waals surface area contributed by atoms with Gasteiger partial charge in [-0.05, 0) is 54.4 Å². The predicted octanol–water partition coefficient (Wildman–Crippen LogP) is 5.12. The van der Waals surface area contributed by atoms with Gasteiger partial charge in [-0.15, -0.1) is 10.2 Å². The molecule has 5 nitrogen and oxygen atoms in total. The van der Waals surface area contributed by atoms with Crippen LogP contribution in [0.3, 0.4) is 0 Å². The van der Waals surface area contributed by atoms with Gasteiger partial charge in [0.1, 0.15) is 5.82 Å². The Morgan fingerprint density at radius 2 is 1.82 bits per heavy atom. The summed E-state index contributed by atoms with van der Waals surface area (Å²) in [7, 11) is 0. The van der Waals surface area contributed by atoms with E-state index in [1.54, 1.807) is 0 Å². The molecule has 0 atom stereocenters. The highest BCUT2D eigenvalue weighted by atomic mass is 35.5. The topological polar surface area (TPSA) is 59.8 Å². The second kappa shape index (κ2) is 9.21. The van der Waals surface area contributed by atoms with E-state index in [1.165, 1.54) is 36.0 Å². The minimum atomic E-state index is -0.344. The van der Waals surface area contributed by atoms with Gasteiger partial charge < -0.3 is 9.88 Å². The molecule has 0 aliphatic carbocycles. The smallest absolute Gasteiger partial charge is 0.234 e. The molecule has 0 saturated carbocycles. The summed E-state index contributed by atoms with van der Waals surface area (Å²) in [5, 5.41) is 12.7. The second-order valence-electron chi connectivity index (χ2n) is 6.66. The lowest BCUT2D eigenvalue weighted by atomic mass is 10.2. The Morgan fingerprint density at radius 3 is 2.46 bits per heavy atom. The molecule has 28 heavy (non-hydrogen) atoms. The first-order chi connectivity index (χ1) is 13.4. The van der Waals surface area contributed by atoms with Gasteiger partial charge >= 0.3 is 0 Å². The number of aromatic nitrogens is 3. The fraction of sp³-hybridized carbons (Fsp3) is 0.250. The molecule has 0 saturated heterocycles. The van der Waals surface area contributed by atoms with E-state index in [0.29, 0.717) is 21.8 Å². The highest BCUT2D eigenvalue weighted by molar-refractivity contribution is 7.99. The Morgan fingerprint density at radius 1 is 1.14 bits per heavy atom. The Kier molecular flexibility index (Phi) is 6.70. The average Bonchev–Trinajstić information content (AvgIpc) is 3.04. The first kappa shape index (κ1) is 20.4. The number of nitrogens with zero attached hydrogens (tertiary/aromatic N) is 3. The van der Waals surface area contributed by atoms with Crippen LogP contribution in [0.5, 0.6) is 0 Å². The monoisotopic (exact) mass is 418 g/mol. The van der Waals surface area contributed by atoms with Crippen LogP contribution in [0.4, 0.5) is 10.1 Å². The van der Waals surface area contributed by atoms with Gasteiger partial charge in [0.2, 0.25) is 5.91 Å². The molecule has 0 bridgehead atoms.